The smallest absolute Gasteiger partial charge is 0.229 e. The van der Waals surface area contributed by atoms with Gasteiger partial charge in [0, 0.05) is 38.6 Å². The molecule has 1 aromatic carbocycles. The monoisotopic (exact) mass is 458 g/mol. The van der Waals surface area contributed by atoms with Crippen LogP contribution in [0.1, 0.15) is 24.0 Å². The van der Waals surface area contributed by atoms with Crippen molar-refractivity contribution < 1.29 is 5.11 Å². The molecule has 0 saturated carbocycles. The molecule has 3 aromatic heterocycles. The van der Waals surface area contributed by atoms with Crippen LogP contribution in [0.5, 0.6) is 0 Å². The number of hydrogen-bond acceptors (Lipinski definition) is 8. The molecule has 0 amide bonds. The number of nitrogens with zero attached hydrogens (tertiary/aromatic N) is 6. The van der Waals surface area contributed by atoms with Crippen LogP contribution in [-0.2, 0) is 7.05 Å². The van der Waals surface area contributed by atoms with Gasteiger partial charge in [0.05, 0.1) is 17.3 Å². The molecule has 0 spiro atoms. The van der Waals surface area contributed by atoms with Crippen LogP contribution < -0.4 is 15.5 Å². The average Bonchev–Trinajstić information content (AvgIpc) is 3.16. The summed E-state index contributed by atoms with van der Waals surface area (Å²) in [6.07, 6.45) is 5.59. The molecule has 1 fully saturated rings. The minimum absolute atomic E-state index is 0.272. The Balaban J connectivity index is 1.32. The first-order chi connectivity index (χ1) is 16.5. The number of para-hydroxylation sites is 1. The molecule has 3 N–H and O–H groups in total. The summed E-state index contributed by atoms with van der Waals surface area (Å²) in [5.41, 5.74) is 4.93. The Morgan fingerprint density at radius 1 is 1.00 bits per heavy atom. The lowest BCUT2D eigenvalue weighted by Gasteiger charge is -2.32. The summed E-state index contributed by atoms with van der Waals surface area (Å²) in [6, 6.07) is 10.2. The molecule has 0 unspecified atom stereocenters. The van der Waals surface area contributed by atoms with Crippen LogP contribution >= 0.6 is 0 Å². The van der Waals surface area contributed by atoms with E-state index < -0.39 is 0 Å². The second kappa shape index (κ2) is 9.26. The summed E-state index contributed by atoms with van der Waals surface area (Å²) in [5.74, 6) is 2.59. The summed E-state index contributed by atoms with van der Waals surface area (Å²) in [6.45, 7) is 6.27. The van der Waals surface area contributed by atoms with E-state index in [-0.39, 0.29) is 6.61 Å². The zero-order chi connectivity index (χ0) is 23.7. The predicted molar refractivity (Wildman–Crippen MR) is 135 cm³/mol. The second-order valence-corrected chi connectivity index (χ2v) is 8.94. The molecule has 9 heteroatoms. The number of aliphatic hydroxyl groups is 1. The van der Waals surface area contributed by atoms with E-state index in [2.05, 4.69) is 61.6 Å². The third-order valence-electron chi connectivity index (χ3n) is 6.51. The number of nitrogens with one attached hydrogen (secondary N) is 2. The van der Waals surface area contributed by atoms with Crippen molar-refractivity contribution in [2.24, 2.45) is 13.0 Å². The van der Waals surface area contributed by atoms with Gasteiger partial charge in [-0.25, -0.2) is 14.6 Å². The lowest BCUT2D eigenvalue weighted by atomic mass is 9.98. The molecular formula is C25H30N8O. The summed E-state index contributed by atoms with van der Waals surface area (Å²) >= 11 is 0. The first kappa shape index (κ1) is 22.1. The lowest BCUT2D eigenvalue weighted by molar-refractivity contribution is 0.203. The molecule has 0 radical (unpaired) electrons. The Hall–Kier alpha value is -3.72. The highest BCUT2D eigenvalue weighted by atomic mass is 16.3. The third kappa shape index (κ3) is 4.38. The molecular weight excluding hydrogens is 428 g/mol. The third-order valence-corrected chi connectivity index (χ3v) is 6.51. The number of rotatable bonds is 6. The highest BCUT2D eigenvalue weighted by molar-refractivity contribution is 5.90. The highest BCUT2D eigenvalue weighted by Gasteiger charge is 2.19. The number of fused-ring (bicyclic) bond motifs is 1. The van der Waals surface area contributed by atoms with Crippen molar-refractivity contribution >= 4 is 40.0 Å². The topological polar surface area (TPSA) is 104 Å². The van der Waals surface area contributed by atoms with Gasteiger partial charge >= 0.3 is 0 Å². The number of aliphatic hydroxyl groups excluding tert-OH is 1. The van der Waals surface area contributed by atoms with Crippen LogP contribution in [0.4, 0.5) is 29.0 Å². The van der Waals surface area contributed by atoms with E-state index in [1.54, 1.807) is 17.1 Å². The summed E-state index contributed by atoms with van der Waals surface area (Å²) < 4.78 is 1.76. The van der Waals surface area contributed by atoms with Crippen LogP contribution in [0, 0.1) is 19.8 Å². The van der Waals surface area contributed by atoms with Crippen molar-refractivity contribution in [1.82, 2.24) is 24.7 Å². The molecule has 0 bridgehead atoms. The van der Waals surface area contributed by atoms with Gasteiger partial charge in [-0.05, 0) is 55.9 Å². The maximum absolute atomic E-state index is 9.33. The Kier molecular flexibility index (Phi) is 6.02. The zero-order valence-corrected chi connectivity index (χ0v) is 19.8. The normalized spacial score (nSPS) is 14.5. The number of aromatic nitrogens is 5. The van der Waals surface area contributed by atoms with Crippen LogP contribution in [0.3, 0.4) is 0 Å². The molecule has 4 aromatic rings. The van der Waals surface area contributed by atoms with E-state index in [0.717, 1.165) is 71.1 Å². The van der Waals surface area contributed by atoms with Gasteiger partial charge in [-0.15, -0.1) is 0 Å². The fourth-order valence-corrected chi connectivity index (χ4v) is 4.44. The van der Waals surface area contributed by atoms with Gasteiger partial charge in [0.15, 0.2) is 11.5 Å². The zero-order valence-electron chi connectivity index (χ0n) is 19.8. The molecule has 5 rings (SSSR count). The summed E-state index contributed by atoms with van der Waals surface area (Å²) in [5, 5.41) is 21.5. The molecule has 4 heterocycles. The lowest BCUT2D eigenvalue weighted by Crippen LogP contribution is -2.35. The van der Waals surface area contributed by atoms with Crippen molar-refractivity contribution in [3.8, 4) is 0 Å². The average molecular weight is 459 g/mol. The van der Waals surface area contributed by atoms with Gasteiger partial charge in [0.2, 0.25) is 5.95 Å². The van der Waals surface area contributed by atoms with E-state index in [1.807, 2.05) is 25.2 Å². The van der Waals surface area contributed by atoms with Crippen molar-refractivity contribution in [3.05, 3.63) is 53.9 Å². The van der Waals surface area contributed by atoms with Gasteiger partial charge in [-0.2, -0.15) is 10.1 Å². The SMILES string of the molecule is Cc1cccc(C)c1Nc1nn(C)c2nc(Nc3ccc(N4CCC(CO)CC4)nc3)ncc12. The predicted octanol–water partition coefficient (Wildman–Crippen LogP) is 4.07. The Labute approximate surface area is 198 Å². The van der Waals surface area contributed by atoms with Crippen molar-refractivity contribution in [2.45, 2.75) is 26.7 Å². The van der Waals surface area contributed by atoms with Crippen molar-refractivity contribution in [3.63, 3.8) is 0 Å². The number of benzene rings is 1. The van der Waals surface area contributed by atoms with Gasteiger partial charge in [0.1, 0.15) is 5.82 Å². The van der Waals surface area contributed by atoms with E-state index in [1.165, 1.54) is 0 Å². The van der Waals surface area contributed by atoms with Gasteiger partial charge in [-0.3, -0.25) is 0 Å². The van der Waals surface area contributed by atoms with Crippen molar-refractivity contribution in [1.29, 1.82) is 0 Å². The van der Waals surface area contributed by atoms with Crippen LogP contribution in [0.25, 0.3) is 11.0 Å². The van der Waals surface area contributed by atoms with E-state index in [9.17, 15) is 5.11 Å². The molecule has 176 valence electrons. The Morgan fingerprint density at radius 2 is 1.76 bits per heavy atom. The Bertz CT molecular complexity index is 1270. The molecule has 0 atom stereocenters. The molecule has 0 aliphatic carbocycles. The van der Waals surface area contributed by atoms with Gasteiger partial charge in [-0.1, -0.05) is 18.2 Å². The second-order valence-electron chi connectivity index (χ2n) is 8.94. The van der Waals surface area contributed by atoms with Crippen LogP contribution in [0.15, 0.2) is 42.7 Å². The van der Waals surface area contributed by atoms with Crippen molar-refractivity contribution in [2.75, 3.05) is 35.2 Å². The van der Waals surface area contributed by atoms with Gasteiger partial charge in [0.25, 0.3) is 0 Å². The standard InChI is InChI=1S/C25H30N8O/c1-16-5-4-6-17(2)22(16)29-23-20-14-27-25(30-24(20)32(3)31-23)28-19-7-8-21(26-13-19)33-11-9-18(15-34)10-12-33/h4-8,13-14,18,34H,9-12,15H2,1-3H3,(H,29,31)(H,27,28,30). The molecule has 1 saturated heterocycles. The maximum atomic E-state index is 9.33. The summed E-state index contributed by atoms with van der Waals surface area (Å²) in [4.78, 5) is 16.1. The van der Waals surface area contributed by atoms with E-state index >= 15 is 0 Å². The number of hydrogen-bond donors (Lipinski definition) is 3. The largest absolute Gasteiger partial charge is 0.396 e. The summed E-state index contributed by atoms with van der Waals surface area (Å²) in [7, 11) is 1.88. The highest BCUT2D eigenvalue weighted by Crippen LogP contribution is 2.29. The fourth-order valence-electron chi connectivity index (χ4n) is 4.44. The number of anilines is 5. The minimum Gasteiger partial charge on any atom is -0.396 e. The number of piperidine rings is 1. The number of pyridine rings is 1. The molecule has 1 aliphatic heterocycles. The Morgan fingerprint density at radius 3 is 2.44 bits per heavy atom. The number of aryl methyl sites for hydroxylation is 3. The first-order valence-electron chi connectivity index (χ1n) is 11.6. The van der Waals surface area contributed by atoms with E-state index in [4.69, 9.17) is 0 Å². The quantitative estimate of drug-likeness (QED) is 0.397. The first-order valence-corrected chi connectivity index (χ1v) is 11.6. The van der Waals surface area contributed by atoms with E-state index in [0.29, 0.717) is 11.9 Å². The molecule has 9 nitrogen and oxygen atoms in total. The maximum Gasteiger partial charge on any atom is 0.229 e. The van der Waals surface area contributed by atoms with Crippen LogP contribution in [-0.4, -0.2) is 49.5 Å². The van der Waals surface area contributed by atoms with Gasteiger partial charge < -0.3 is 20.6 Å². The minimum atomic E-state index is 0.272. The fraction of sp³-hybridized carbons (Fsp3) is 0.360. The molecule has 34 heavy (non-hydrogen) atoms. The molecule has 1 aliphatic rings. The van der Waals surface area contributed by atoms with Crippen LogP contribution in [0.2, 0.25) is 0 Å².